The van der Waals surface area contributed by atoms with Crippen LogP contribution in [0.15, 0.2) is 30.3 Å². The third-order valence-corrected chi connectivity index (χ3v) is 4.18. The Morgan fingerprint density at radius 3 is 2.63 bits per heavy atom. The molecule has 1 aliphatic heterocycles. The highest BCUT2D eigenvalue weighted by Gasteiger charge is 2.30. The molecule has 0 amide bonds. The summed E-state index contributed by atoms with van der Waals surface area (Å²) in [5.41, 5.74) is 6.98. The van der Waals surface area contributed by atoms with E-state index in [4.69, 9.17) is 11.1 Å². The van der Waals surface area contributed by atoms with Crippen LogP contribution >= 0.6 is 0 Å². The Balaban J connectivity index is 2.11. The zero-order valence-corrected chi connectivity index (χ0v) is 12.0. The van der Waals surface area contributed by atoms with Gasteiger partial charge in [0.25, 0.3) is 0 Å². The van der Waals surface area contributed by atoms with Gasteiger partial charge in [-0.1, -0.05) is 44.2 Å². The van der Waals surface area contributed by atoms with E-state index in [0.717, 1.165) is 18.7 Å². The summed E-state index contributed by atoms with van der Waals surface area (Å²) in [4.78, 5) is 2.52. The van der Waals surface area contributed by atoms with E-state index in [1.807, 2.05) is 18.2 Å². The van der Waals surface area contributed by atoms with Crippen LogP contribution in [-0.2, 0) is 0 Å². The van der Waals surface area contributed by atoms with Gasteiger partial charge < -0.3 is 5.73 Å². The molecule has 1 saturated heterocycles. The molecular weight excluding hydrogens is 234 g/mol. The van der Waals surface area contributed by atoms with Crippen molar-refractivity contribution in [3.63, 3.8) is 0 Å². The summed E-state index contributed by atoms with van der Waals surface area (Å²) in [6.45, 7) is 6.59. The minimum atomic E-state index is 0.0283. The third-order valence-electron chi connectivity index (χ3n) is 4.18. The highest BCUT2D eigenvalue weighted by atomic mass is 15.2. The second-order valence-electron chi connectivity index (χ2n) is 5.87. The Bertz CT molecular complexity index is 413. The molecule has 1 aromatic rings. The van der Waals surface area contributed by atoms with Crippen molar-refractivity contribution in [3.8, 4) is 0 Å². The van der Waals surface area contributed by atoms with Gasteiger partial charge >= 0.3 is 0 Å². The van der Waals surface area contributed by atoms with Crippen LogP contribution in [0.5, 0.6) is 0 Å². The molecular formula is C16H25N3. The van der Waals surface area contributed by atoms with Crippen molar-refractivity contribution in [2.24, 2.45) is 11.7 Å². The van der Waals surface area contributed by atoms with Crippen LogP contribution < -0.4 is 5.73 Å². The summed E-state index contributed by atoms with van der Waals surface area (Å²) in [5.74, 6) is 0.979. The molecule has 0 aliphatic carbocycles. The second kappa shape index (κ2) is 6.20. The molecule has 0 spiro atoms. The van der Waals surface area contributed by atoms with Gasteiger partial charge in [-0.25, -0.2) is 0 Å². The summed E-state index contributed by atoms with van der Waals surface area (Å²) in [7, 11) is 0. The molecule has 104 valence electrons. The predicted octanol–water partition coefficient (Wildman–Crippen LogP) is 2.83. The van der Waals surface area contributed by atoms with E-state index in [9.17, 15) is 0 Å². The fourth-order valence-electron chi connectivity index (χ4n) is 3.14. The predicted molar refractivity (Wildman–Crippen MR) is 80.5 cm³/mol. The first-order valence-electron chi connectivity index (χ1n) is 7.22. The summed E-state index contributed by atoms with van der Waals surface area (Å²) in [5, 5.41) is 7.88. The summed E-state index contributed by atoms with van der Waals surface area (Å²) in [6.07, 6.45) is 2.54. The molecule has 1 fully saturated rings. The quantitative estimate of drug-likeness (QED) is 0.631. The van der Waals surface area contributed by atoms with Gasteiger partial charge in [0.2, 0.25) is 0 Å². The van der Waals surface area contributed by atoms with E-state index in [1.54, 1.807) is 0 Å². The number of benzene rings is 1. The van der Waals surface area contributed by atoms with Crippen LogP contribution in [0, 0.1) is 11.3 Å². The van der Waals surface area contributed by atoms with Crippen molar-refractivity contribution in [1.82, 2.24) is 4.90 Å². The topological polar surface area (TPSA) is 53.1 Å². The second-order valence-corrected chi connectivity index (χ2v) is 5.87. The average Bonchev–Trinajstić information content (AvgIpc) is 2.85. The number of nitrogens with two attached hydrogens (primary N) is 1. The maximum absolute atomic E-state index is 7.88. The minimum absolute atomic E-state index is 0.0283. The number of hydrogen-bond acceptors (Lipinski definition) is 2. The highest BCUT2D eigenvalue weighted by Crippen LogP contribution is 2.27. The largest absolute Gasteiger partial charge is 0.387 e. The van der Waals surface area contributed by atoms with Gasteiger partial charge in [0.15, 0.2) is 0 Å². The summed E-state index contributed by atoms with van der Waals surface area (Å²) in [6, 6.07) is 10.8. The standard InChI is InChI=1S/C16H25N3/c1-12(2)15-9-6-10-19(15)11-14(16(17)18)13-7-4-3-5-8-13/h3-5,7-8,12,14-15H,6,9-11H2,1-2H3,(H3,17,18). The lowest BCUT2D eigenvalue weighted by Gasteiger charge is -2.31. The minimum Gasteiger partial charge on any atom is -0.387 e. The first kappa shape index (κ1) is 14.1. The van der Waals surface area contributed by atoms with Crippen molar-refractivity contribution in [2.45, 2.75) is 38.6 Å². The normalized spacial score (nSPS) is 21.7. The van der Waals surface area contributed by atoms with E-state index in [0.29, 0.717) is 12.0 Å². The maximum atomic E-state index is 7.88. The average molecular weight is 259 g/mol. The fraction of sp³-hybridized carbons (Fsp3) is 0.562. The first-order valence-corrected chi connectivity index (χ1v) is 7.22. The monoisotopic (exact) mass is 259 g/mol. The molecule has 0 saturated carbocycles. The van der Waals surface area contributed by atoms with Gasteiger partial charge in [-0.2, -0.15) is 0 Å². The molecule has 0 bridgehead atoms. The molecule has 2 unspecified atom stereocenters. The van der Waals surface area contributed by atoms with Gasteiger partial charge in [-0.05, 0) is 30.9 Å². The molecule has 3 nitrogen and oxygen atoms in total. The van der Waals surface area contributed by atoms with Crippen LogP contribution in [0.4, 0.5) is 0 Å². The zero-order chi connectivity index (χ0) is 13.8. The van der Waals surface area contributed by atoms with Gasteiger partial charge in [-0.3, -0.25) is 10.3 Å². The molecule has 3 heteroatoms. The number of rotatable bonds is 5. The van der Waals surface area contributed by atoms with Crippen LogP contribution in [0.2, 0.25) is 0 Å². The third kappa shape index (κ3) is 3.35. The first-order chi connectivity index (χ1) is 9.09. The number of nitrogens with zero attached hydrogens (tertiary/aromatic N) is 1. The van der Waals surface area contributed by atoms with Gasteiger partial charge in [0, 0.05) is 12.6 Å². The molecule has 2 atom stereocenters. The maximum Gasteiger partial charge on any atom is 0.0995 e. The molecule has 0 aromatic heterocycles. The lowest BCUT2D eigenvalue weighted by molar-refractivity contribution is 0.204. The number of likely N-dealkylation sites (tertiary alicyclic amines) is 1. The van der Waals surface area contributed by atoms with Crippen molar-refractivity contribution < 1.29 is 0 Å². The molecule has 1 aromatic carbocycles. The van der Waals surface area contributed by atoms with Crippen LogP contribution in [-0.4, -0.2) is 29.9 Å². The Hall–Kier alpha value is -1.35. The van der Waals surface area contributed by atoms with E-state index in [2.05, 4.69) is 30.9 Å². The van der Waals surface area contributed by atoms with Crippen molar-refractivity contribution in [3.05, 3.63) is 35.9 Å². The Morgan fingerprint density at radius 2 is 2.05 bits per heavy atom. The number of amidine groups is 1. The van der Waals surface area contributed by atoms with Crippen molar-refractivity contribution in [2.75, 3.05) is 13.1 Å². The van der Waals surface area contributed by atoms with Crippen molar-refractivity contribution >= 4 is 5.84 Å². The lowest BCUT2D eigenvalue weighted by Crippen LogP contribution is -2.39. The Morgan fingerprint density at radius 1 is 1.37 bits per heavy atom. The van der Waals surface area contributed by atoms with Crippen LogP contribution in [0.3, 0.4) is 0 Å². The molecule has 19 heavy (non-hydrogen) atoms. The SMILES string of the molecule is CC(C)C1CCCN1CC(C(=N)N)c1ccccc1. The fourth-order valence-corrected chi connectivity index (χ4v) is 3.14. The summed E-state index contributed by atoms with van der Waals surface area (Å²) < 4.78 is 0. The number of nitrogens with one attached hydrogen (secondary N) is 1. The molecule has 1 aliphatic rings. The molecule has 3 N–H and O–H groups in total. The van der Waals surface area contributed by atoms with Gasteiger partial charge in [-0.15, -0.1) is 0 Å². The van der Waals surface area contributed by atoms with Gasteiger partial charge in [0.05, 0.1) is 11.8 Å². The van der Waals surface area contributed by atoms with Crippen LogP contribution in [0.1, 0.15) is 38.2 Å². The lowest BCUT2D eigenvalue weighted by atomic mass is 9.95. The molecule has 0 radical (unpaired) electrons. The Labute approximate surface area is 116 Å². The van der Waals surface area contributed by atoms with E-state index < -0.39 is 0 Å². The summed E-state index contributed by atoms with van der Waals surface area (Å²) >= 11 is 0. The smallest absolute Gasteiger partial charge is 0.0995 e. The molecule has 1 heterocycles. The van der Waals surface area contributed by atoms with E-state index >= 15 is 0 Å². The van der Waals surface area contributed by atoms with E-state index in [-0.39, 0.29) is 11.8 Å². The van der Waals surface area contributed by atoms with E-state index in [1.165, 1.54) is 12.8 Å². The van der Waals surface area contributed by atoms with Crippen molar-refractivity contribution in [1.29, 1.82) is 5.41 Å². The van der Waals surface area contributed by atoms with Gasteiger partial charge in [0.1, 0.15) is 0 Å². The highest BCUT2D eigenvalue weighted by molar-refractivity contribution is 5.84. The number of hydrogen-bond donors (Lipinski definition) is 2. The molecule has 2 rings (SSSR count). The Kier molecular flexibility index (Phi) is 4.59. The van der Waals surface area contributed by atoms with Crippen LogP contribution in [0.25, 0.3) is 0 Å². The zero-order valence-electron chi connectivity index (χ0n) is 12.0.